The molecule has 0 radical (unpaired) electrons. The molecule has 1 aromatic rings. The predicted octanol–water partition coefficient (Wildman–Crippen LogP) is 3.20. The first-order valence-corrected chi connectivity index (χ1v) is 5.99. The fraction of sp³-hybridized carbons (Fsp3) is 0.500. The maximum atomic E-state index is 9.14. The molecule has 0 aliphatic carbocycles. The molecule has 0 amide bonds. The van der Waals surface area contributed by atoms with E-state index in [2.05, 4.69) is 39.2 Å². The Balaban J connectivity index is 3.17. The molecule has 78 valence electrons. The van der Waals surface area contributed by atoms with Gasteiger partial charge in [0.15, 0.2) is 0 Å². The fourth-order valence-corrected chi connectivity index (χ4v) is 1.82. The SMILES string of the molecule is CSc1cc(CO)cc(C(C)(C)C)c1. The van der Waals surface area contributed by atoms with Gasteiger partial charge in [0, 0.05) is 4.90 Å². The molecular weight excluding hydrogens is 192 g/mol. The van der Waals surface area contributed by atoms with Crippen molar-refractivity contribution in [3.8, 4) is 0 Å². The van der Waals surface area contributed by atoms with E-state index < -0.39 is 0 Å². The number of thioether (sulfide) groups is 1. The van der Waals surface area contributed by atoms with Gasteiger partial charge in [0.25, 0.3) is 0 Å². The molecule has 0 aromatic heterocycles. The van der Waals surface area contributed by atoms with Crippen LogP contribution in [0.3, 0.4) is 0 Å². The fourth-order valence-electron chi connectivity index (χ4n) is 1.30. The quantitative estimate of drug-likeness (QED) is 0.756. The maximum Gasteiger partial charge on any atom is 0.0682 e. The van der Waals surface area contributed by atoms with Gasteiger partial charge in [-0.1, -0.05) is 26.8 Å². The molecule has 0 aliphatic heterocycles. The molecule has 14 heavy (non-hydrogen) atoms. The van der Waals surface area contributed by atoms with Crippen LogP contribution in [0.2, 0.25) is 0 Å². The van der Waals surface area contributed by atoms with Crippen LogP contribution in [0.25, 0.3) is 0 Å². The Labute approximate surface area is 90.5 Å². The van der Waals surface area contributed by atoms with Gasteiger partial charge < -0.3 is 5.11 Å². The third kappa shape index (κ3) is 2.76. The Hall–Kier alpha value is -0.470. The molecule has 0 fully saturated rings. The van der Waals surface area contributed by atoms with Gasteiger partial charge in [0.05, 0.1) is 6.61 Å². The van der Waals surface area contributed by atoms with Crippen molar-refractivity contribution in [3.05, 3.63) is 29.3 Å². The van der Waals surface area contributed by atoms with Crippen molar-refractivity contribution in [3.63, 3.8) is 0 Å². The van der Waals surface area contributed by atoms with Crippen molar-refractivity contribution in [1.29, 1.82) is 0 Å². The van der Waals surface area contributed by atoms with Gasteiger partial charge in [-0.2, -0.15) is 0 Å². The summed E-state index contributed by atoms with van der Waals surface area (Å²) in [6.07, 6.45) is 2.06. The second kappa shape index (κ2) is 4.37. The summed E-state index contributed by atoms with van der Waals surface area (Å²) in [4.78, 5) is 1.22. The standard InChI is InChI=1S/C12H18OS/c1-12(2,3)10-5-9(8-13)6-11(7-10)14-4/h5-7,13H,8H2,1-4H3. The molecule has 0 saturated heterocycles. The minimum atomic E-state index is 0.123. The highest BCUT2D eigenvalue weighted by Gasteiger charge is 2.14. The lowest BCUT2D eigenvalue weighted by atomic mass is 9.86. The zero-order valence-electron chi connectivity index (χ0n) is 9.29. The van der Waals surface area contributed by atoms with Crippen LogP contribution < -0.4 is 0 Å². The molecule has 0 saturated carbocycles. The highest BCUT2D eigenvalue weighted by Crippen LogP contribution is 2.27. The van der Waals surface area contributed by atoms with E-state index in [0.717, 1.165) is 5.56 Å². The summed E-state index contributed by atoms with van der Waals surface area (Å²) in [6, 6.07) is 6.32. The summed E-state index contributed by atoms with van der Waals surface area (Å²) in [5, 5.41) is 9.14. The lowest BCUT2D eigenvalue weighted by Crippen LogP contribution is -2.11. The van der Waals surface area contributed by atoms with Gasteiger partial charge in [0.2, 0.25) is 0 Å². The molecule has 0 aliphatic rings. The summed E-state index contributed by atoms with van der Waals surface area (Å²) >= 11 is 1.72. The first kappa shape index (κ1) is 11.6. The summed E-state index contributed by atoms with van der Waals surface area (Å²) in [6.45, 7) is 6.69. The first-order chi connectivity index (χ1) is 6.47. The molecule has 1 nitrogen and oxygen atoms in total. The van der Waals surface area contributed by atoms with Gasteiger partial charge in [-0.3, -0.25) is 0 Å². The van der Waals surface area contributed by atoms with E-state index in [4.69, 9.17) is 5.11 Å². The minimum absolute atomic E-state index is 0.123. The van der Waals surface area contributed by atoms with E-state index in [0.29, 0.717) is 0 Å². The maximum absolute atomic E-state index is 9.14. The second-order valence-corrected chi connectivity index (χ2v) is 5.36. The van der Waals surface area contributed by atoms with Crippen molar-refractivity contribution >= 4 is 11.8 Å². The minimum Gasteiger partial charge on any atom is -0.392 e. The largest absolute Gasteiger partial charge is 0.392 e. The van der Waals surface area contributed by atoms with Crippen LogP contribution >= 0.6 is 11.8 Å². The van der Waals surface area contributed by atoms with Crippen LogP contribution in [0, 0.1) is 0 Å². The average Bonchev–Trinajstić information content (AvgIpc) is 2.15. The van der Waals surface area contributed by atoms with E-state index in [1.54, 1.807) is 11.8 Å². The van der Waals surface area contributed by atoms with Gasteiger partial charge in [-0.15, -0.1) is 11.8 Å². The topological polar surface area (TPSA) is 20.2 Å². The van der Waals surface area contributed by atoms with Gasteiger partial charge in [-0.25, -0.2) is 0 Å². The number of rotatable bonds is 2. The second-order valence-electron chi connectivity index (χ2n) is 4.48. The highest BCUT2D eigenvalue weighted by molar-refractivity contribution is 7.98. The highest BCUT2D eigenvalue weighted by atomic mass is 32.2. The van der Waals surface area contributed by atoms with E-state index in [1.165, 1.54) is 10.5 Å². The molecule has 0 bridgehead atoms. The summed E-state index contributed by atoms with van der Waals surface area (Å²) < 4.78 is 0. The van der Waals surface area contributed by atoms with E-state index >= 15 is 0 Å². The molecule has 1 rings (SSSR count). The number of hydrogen-bond acceptors (Lipinski definition) is 2. The smallest absolute Gasteiger partial charge is 0.0682 e. The summed E-state index contributed by atoms with van der Waals surface area (Å²) in [5.41, 5.74) is 2.44. The molecular formula is C12H18OS. The van der Waals surface area contributed by atoms with Crippen molar-refractivity contribution in [2.24, 2.45) is 0 Å². The van der Waals surface area contributed by atoms with E-state index in [1.807, 2.05) is 6.07 Å². The molecule has 0 spiro atoms. The molecule has 1 N–H and O–H groups in total. The third-order valence-corrected chi connectivity index (χ3v) is 2.96. The number of hydrogen-bond donors (Lipinski definition) is 1. The Morgan fingerprint density at radius 2 is 1.86 bits per heavy atom. The number of aliphatic hydroxyl groups is 1. The Morgan fingerprint density at radius 1 is 1.21 bits per heavy atom. The van der Waals surface area contributed by atoms with Crippen molar-refractivity contribution in [1.82, 2.24) is 0 Å². The van der Waals surface area contributed by atoms with E-state index in [-0.39, 0.29) is 12.0 Å². The zero-order chi connectivity index (χ0) is 10.8. The summed E-state index contributed by atoms with van der Waals surface area (Å²) in [7, 11) is 0. The first-order valence-electron chi connectivity index (χ1n) is 4.76. The lowest BCUT2D eigenvalue weighted by molar-refractivity contribution is 0.281. The Kier molecular flexibility index (Phi) is 3.62. The van der Waals surface area contributed by atoms with Crippen molar-refractivity contribution in [2.45, 2.75) is 37.7 Å². The van der Waals surface area contributed by atoms with Gasteiger partial charge in [0.1, 0.15) is 0 Å². The van der Waals surface area contributed by atoms with Crippen LogP contribution in [-0.4, -0.2) is 11.4 Å². The molecule has 0 heterocycles. The monoisotopic (exact) mass is 210 g/mol. The molecule has 0 unspecified atom stereocenters. The van der Waals surface area contributed by atoms with Crippen molar-refractivity contribution < 1.29 is 5.11 Å². The normalized spacial score (nSPS) is 11.8. The van der Waals surface area contributed by atoms with Crippen LogP contribution in [0.15, 0.2) is 23.1 Å². The van der Waals surface area contributed by atoms with Gasteiger partial charge >= 0.3 is 0 Å². The van der Waals surface area contributed by atoms with Crippen LogP contribution in [0.5, 0.6) is 0 Å². The third-order valence-electron chi connectivity index (χ3n) is 2.25. The Morgan fingerprint density at radius 3 is 2.29 bits per heavy atom. The predicted molar refractivity (Wildman–Crippen MR) is 62.8 cm³/mol. The zero-order valence-corrected chi connectivity index (χ0v) is 10.1. The lowest BCUT2D eigenvalue weighted by Gasteiger charge is -2.20. The molecule has 2 heteroatoms. The van der Waals surface area contributed by atoms with Crippen LogP contribution in [0.4, 0.5) is 0 Å². The number of aliphatic hydroxyl groups excluding tert-OH is 1. The van der Waals surface area contributed by atoms with Crippen LogP contribution in [-0.2, 0) is 12.0 Å². The summed E-state index contributed by atoms with van der Waals surface area (Å²) in [5.74, 6) is 0. The number of benzene rings is 1. The average molecular weight is 210 g/mol. The molecule has 1 aromatic carbocycles. The van der Waals surface area contributed by atoms with Gasteiger partial charge in [-0.05, 0) is 34.9 Å². The van der Waals surface area contributed by atoms with Crippen LogP contribution in [0.1, 0.15) is 31.9 Å². The Bertz CT molecular complexity index is 290. The van der Waals surface area contributed by atoms with E-state index in [9.17, 15) is 0 Å². The van der Waals surface area contributed by atoms with Crippen molar-refractivity contribution in [2.75, 3.05) is 6.26 Å². The molecule has 0 atom stereocenters.